The number of piperidine rings is 1. The number of fused-ring (bicyclic) bond motifs is 4. The molecule has 0 spiro atoms. The number of hydrogen-bond donors (Lipinski definition) is 0. The van der Waals surface area contributed by atoms with Crippen molar-refractivity contribution in [2.45, 2.75) is 25.8 Å². The lowest BCUT2D eigenvalue weighted by Crippen LogP contribution is -2.50. The minimum Gasteiger partial charge on any atom is -0.365 e. The number of pyridine rings is 1. The van der Waals surface area contributed by atoms with E-state index in [1.165, 1.54) is 13.0 Å². The summed E-state index contributed by atoms with van der Waals surface area (Å²) in [6.07, 6.45) is 0.955. The maximum absolute atomic E-state index is 13.0. The summed E-state index contributed by atoms with van der Waals surface area (Å²) in [4.78, 5) is 53.7. The van der Waals surface area contributed by atoms with Gasteiger partial charge in [-0.15, -0.1) is 0 Å². The first-order valence-electron chi connectivity index (χ1n) is 11.6. The summed E-state index contributed by atoms with van der Waals surface area (Å²) in [5.74, 6) is 0.0669. The molecule has 10 heteroatoms. The van der Waals surface area contributed by atoms with E-state index in [1.807, 2.05) is 15.5 Å². The van der Waals surface area contributed by atoms with Crippen molar-refractivity contribution in [2.75, 3.05) is 44.2 Å². The van der Waals surface area contributed by atoms with Crippen LogP contribution in [0, 0.1) is 16.0 Å². The maximum Gasteiger partial charge on any atom is 0.293 e. The zero-order chi connectivity index (χ0) is 24.0. The molecule has 3 aliphatic rings. The van der Waals surface area contributed by atoms with E-state index < -0.39 is 4.92 Å². The third-order valence-corrected chi connectivity index (χ3v) is 7.25. The summed E-state index contributed by atoms with van der Waals surface area (Å²) in [6, 6.07) is 10.0. The van der Waals surface area contributed by atoms with Gasteiger partial charge in [0.2, 0.25) is 5.91 Å². The summed E-state index contributed by atoms with van der Waals surface area (Å²) in [5, 5.41) is 12.0. The molecule has 10 nitrogen and oxygen atoms in total. The van der Waals surface area contributed by atoms with Crippen molar-refractivity contribution in [1.29, 1.82) is 0 Å². The van der Waals surface area contributed by atoms with Gasteiger partial charge in [-0.2, -0.15) is 0 Å². The van der Waals surface area contributed by atoms with Crippen LogP contribution in [0.2, 0.25) is 0 Å². The highest BCUT2D eigenvalue weighted by molar-refractivity contribution is 5.96. The van der Waals surface area contributed by atoms with Crippen LogP contribution in [0.3, 0.4) is 0 Å². The highest BCUT2D eigenvalue weighted by Gasteiger charge is 2.36. The Bertz CT molecular complexity index is 1220. The smallest absolute Gasteiger partial charge is 0.293 e. The lowest BCUT2D eigenvalue weighted by atomic mass is 9.83. The Labute approximate surface area is 196 Å². The number of nitro benzene ring substituents is 1. The number of hydrogen-bond acceptors (Lipinski definition) is 6. The number of carbonyl (C=O) groups is 2. The molecule has 2 amide bonds. The van der Waals surface area contributed by atoms with Gasteiger partial charge in [-0.05, 0) is 30.5 Å². The Morgan fingerprint density at radius 3 is 2.44 bits per heavy atom. The number of nitro groups is 1. The Morgan fingerprint density at radius 2 is 1.74 bits per heavy atom. The van der Waals surface area contributed by atoms with E-state index in [0.717, 1.165) is 12.1 Å². The minimum atomic E-state index is -0.428. The van der Waals surface area contributed by atoms with Crippen LogP contribution in [-0.2, 0) is 11.3 Å². The fourth-order valence-electron chi connectivity index (χ4n) is 5.57. The second-order valence-electron chi connectivity index (χ2n) is 9.36. The zero-order valence-electron chi connectivity index (χ0n) is 19.1. The lowest BCUT2D eigenvalue weighted by Gasteiger charge is -2.43. The van der Waals surface area contributed by atoms with Gasteiger partial charge < -0.3 is 19.3 Å². The molecule has 2 aromatic rings. The third kappa shape index (κ3) is 3.93. The molecule has 3 aliphatic heterocycles. The monoisotopic (exact) mass is 465 g/mol. The Balaban J connectivity index is 1.38. The van der Waals surface area contributed by atoms with Crippen LogP contribution in [0.15, 0.2) is 41.2 Å². The average Bonchev–Trinajstić information content (AvgIpc) is 2.84. The van der Waals surface area contributed by atoms with Gasteiger partial charge >= 0.3 is 0 Å². The van der Waals surface area contributed by atoms with E-state index >= 15 is 0 Å². The van der Waals surface area contributed by atoms with Crippen LogP contribution >= 0.6 is 0 Å². The van der Waals surface area contributed by atoms with Gasteiger partial charge in [-0.25, -0.2) is 0 Å². The van der Waals surface area contributed by atoms with Gasteiger partial charge in [0.25, 0.3) is 17.2 Å². The van der Waals surface area contributed by atoms with E-state index in [-0.39, 0.29) is 40.5 Å². The molecule has 1 aromatic carbocycles. The first-order chi connectivity index (χ1) is 16.3. The number of rotatable bonds is 3. The van der Waals surface area contributed by atoms with Gasteiger partial charge in [0.1, 0.15) is 5.69 Å². The molecule has 34 heavy (non-hydrogen) atoms. The number of aromatic nitrogens is 1. The van der Waals surface area contributed by atoms with Gasteiger partial charge in [-0.1, -0.05) is 6.07 Å². The van der Waals surface area contributed by atoms with Crippen LogP contribution in [-0.4, -0.2) is 70.4 Å². The first-order valence-corrected chi connectivity index (χ1v) is 11.6. The second kappa shape index (κ2) is 8.58. The molecular weight excluding hydrogens is 438 g/mol. The summed E-state index contributed by atoms with van der Waals surface area (Å²) >= 11 is 0. The molecular formula is C24H27N5O5. The molecule has 1 aromatic heterocycles. The van der Waals surface area contributed by atoms with E-state index in [4.69, 9.17) is 0 Å². The Morgan fingerprint density at radius 1 is 1.00 bits per heavy atom. The number of benzene rings is 1. The van der Waals surface area contributed by atoms with Crippen LogP contribution in [0.25, 0.3) is 0 Å². The van der Waals surface area contributed by atoms with Crippen LogP contribution in [0.1, 0.15) is 35.3 Å². The molecule has 2 fully saturated rings. The van der Waals surface area contributed by atoms with E-state index in [2.05, 4.69) is 0 Å². The van der Waals surface area contributed by atoms with Gasteiger partial charge in [0, 0.05) is 82.0 Å². The molecule has 2 saturated heterocycles. The largest absolute Gasteiger partial charge is 0.365 e. The van der Waals surface area contributed by atoms with Crippen molar-refractivity contribution in [1.82, 2.24) is 14.4 Å². The number of carbonyl (C=O) groups excluding carboxylic acids is 2. The van der Waals surface area contributed by atoms with Gasteiger partial charge in [-0.3, -0.25) is 24.5 Å². The quantitative estimate of drug-likeness (QED) is 0.504. The molecule has 0 N–H and O–H groups in total. The molecule has 2 unspecified atom stereocenters. The highest BCUT2D eigenvalue weighted by Crippen LogP contribution is 2.39. The lowest BCUT2D eigenvalue weighted by molar-refractivity contribution is -0.384. The number of piperazine rings is 1. The Hall–Kier alpha value is -3.69. The van der Waals surface area contributed by atoms with E-state index in [1.54, 1.807) is 34.1 Å². The number of amides is 2. The highest BCUT2D eigenvalue weighted by atomic mass is 16.6. The van der Waals surface area contributed by atoms with Crippen molar-refractivity contribution < 1.29 is 14.5 Å². The molecule has 2 bridgehead atoms. The van der Waals surface area contributed by atoms with Gasteiger partial charge in [0.15, 0.2) is 0 Å². The van der Waals surface area contributed by atoms with Crippen molar-refractivity contribution in [3.8, 4) is 0 Å². The summed E-state index contributed by atoms with van der Waals surface area (Å²) in [5.41, 5.74) is 1.68. The van der Waals surface area contributed by atoms with Crippen LogP contribution in [0.4, 0.5) is 11.4 Å². The number of nitrogens with zero attached hydrogens (tertiary/aromatic N) is 5. The van der Waals surface area contributed by atoms with Crippen molar-refractivity contribution in [3.63, 3.8) is 0 Å². The standard InChI is InChI=1S/C24H27N5O5/c1-16(30)25-7-9-26(10-8-25)24(32)18-5-6-21(22(12-18)29(33)34)27-13-17-11-19(15-27)20-3-2-4-23(31)28(20)14-17/h2-6,12,17,19H,7-11,13-15H2,1H3. The molecule has 2 atom stereocenters. The van der Waals surface area contributed by atoms with Crippen molar-refractivity contribution in [3.05, 3.63) is 68.1 Å². The first kappa shape index (κ1) is 22.1. The molecule has 0 aliphatic carbocycles. The SMILES string of the molecule is CC(=O)N1CCN(C(=O)c2ccc(N3CC4CC(C3)c3cccc(=O)n3C4)c([N+](=O)[O-])c2)CC1. The van der Waals surface area contributed by atoms with Crippen LogP contribution < -0.4 is 10.5 Å². The van der Waals surface area contributed by atoms with Crippen molar-refractivity contribution >= 4 is 23.2 Å². The normalized spacial score (nSPS) is 21.7. The topological polar surface area (TPSA) is 109 Å². The second-order valence-corrected chi connectivity index (χ2v) is 9.36. The third-order valence-electron chi connectivity index (χ3n) is 7.25. The molecule has 0 saturated carbocycles. The summed E-state index contributed by atoms with van der Waals surface area (Å²) < 4.78 is 1.83. The molecule has 178 valence electrons. The van der Waals surface area contributed by atoms with Gasteiger partial charge in [0.05, 0.1) is 4.92 Å². The van der Waals surface area contributed by atoms with Crippen LogP contribution in [0.5, 0.6) is 0 Å². The predicted octanol–water partition coefficient (Wildman–Crippen LogP) is 1.68. The number of anilines is 1. The van der Waals surface area contributed by atoms with E-state index in [0.29, 0.717) is 51.5 Å². The fourth-order valence-corrected chi connectivity index (χ4v) is 5.57. The fraction of sp³-hybridized carbons (Fsp3) is 0.458. The van der Waals surface area contributed by atoms with E-state index in [9.17, 15) is 24.5 Å². The van der Waals surface area contributed by atoms with Crippen molar-refractivity contribution in [2.24, 2.45) is 5.92 Å². The summed E-state index contributed by atoms with van der Waals surface area (Å²) in [6.45, 7) is 5.05. The molecule has 5 rings (SSSR count). The Kier molecular flexibility index (Phi) is 5.59. The predicted molar refractivity (Wildman–Crippen MR) is 125 cm³/mol. The zero-order valence-corrected chi connectivity index (χ0v) is 19.1. The minimum absolute atomic E-state index is 0.00127. The molecule has 0 radical (unpaired) electrons. The maximum atomic E-state index is 13.0. The molecule has 4 heterocycles. The average molecular weight is 466 g/mol. The summed E-state index contributed by atoms with van der Waals surface area (Å²) in [7, 11) is 0.